The van der Waals surface area contributed by atoms with Crippen LogP contribution in [-0.4, -0.2) is 30.0 Å². The molecule has 19 heavy (non-hydrogen) atoms. The quantitative estimate of drug-likeness (QED) is 0.662. The minimum atomic E-state index is 0.761. The summed E-state index contributed by atoms with van der Waals surface area (Å²) in [5, 5.41) is 7.98. The Bertz CT molecular complexity index is 361. The topological polar surface area (TPSA) is 39.1 Å². The van der Waals surface area contributed by atoms with Crippen molar-refractivity contribution >= 4 is 0 Å². The van der Waals surface area contributed by atoms with E-state index >= 15 is 0 Å². The largest absolute Gasteiger partial charge is 0.380 e. The summed E-state index contributed by atoms with van der Waals surface area (Å²) in [6, 6.07) is 0. The molecule has 0 saturated heterocycles. The van der Waals surface area contributed by atoms with Crippen molar-refractivity contribution in [3.63, 3.8) is 0 Å². The molecule has 1 aromatic rings. The molecule has 0 aliphatic heterocycles. The van der Waals surface area contributed by atoms with Gasteiger partial charge in [0.2, 0.25) is 0 Å². The first-order valence-corrected chi connectivity index (χ1v) is 7.58. The zero-order chi connectivity index (χ0) is 14.1. The molecule has 0 aliphatic carbocycles. The smallest absolute Gasteiger partial charge is 0.0669 e. The molecule has 1 N–H and O–H groups in total. The van der Waals surface area contributed by atoms with E-state index < -0.39 is 0 Å². The number of hydrogen-bond donors (Lipinski definition) is 1. The highest BCUT2D eigenvalue weighted by molar-refractivity contribution is 5.26. The Labute approximate surface area is 117 Å². The maximum absolute atomic E-state index is 5.64. The molecule has 1 aromatic heterocycles. The lowest BCUT2D eigenvalue weighted by atomic mass is 10.1. The van der Waals surface area contributed by atoms with Crippen LogP contribution in [0, 0.1) is 0 Å². The van der Waals surface area contributed by atoms with Gasteiger partial charge in [-0.05, 0) is 26.3 Å². The van der Waals surface area contributed by atoms with E-state index in [4.69, 9.17) is 9.84 Å². The zero-order valence-corrected chi connectivity index (χ0v) is 13.0. The van der Waals surface area contributed by atoms with Crippen molar-refractivity contribution in [3.8, 4) is 0 Å². The lowest BCUT2D eigenvalue weighted by molar-refractivity contribution is 0.120. The van der Waals surface area contributed by atoms with Gasteiger partial charge < -0.3 is 10.1 Å². The van der Waals surface area contributed by atoms with Crippen molar-refractivity contribution in [1.29, 1.82) is 0 Å². The molecule has 0 aromatic carbocycles. The molecule has 0 amide bonds. The molecule has 0 atom stereocenters. The second-order valence-electron chi connectivity index (χ2n) is 4.80. The summed E-state index contributed by atoms with van der Waals surface area (Å²) in [6.45, 7) is 9.95. The molecule has 0 fully saturated rings. The average molecular weight is 267 g/mol. The summed E-state index contributed by atoms with van der Waals surface area (Å²) in [5.74, 6) is 0. The molecule has 1 heterocycles. The Morgan fingerprint density at radius 1 is 1.16 bits per heavy atom. The van der Waals surface area contributed by atoms with E-state index in [9.17, 15) is 0 Å². The van der Waals surface area contributed by atoms with Crippen LogP contribution in [0.15, 0.2) is 0 Å². The third-order valence-electron chi connectivity index (χ3n) is 3.36. The second kappa shape index (κ2) is 9.10. The summed E-state index contributed by atoms with van der Waals surface area (Å²) >= 11 is 0. The first kappa shape index (κ1) is 16.2. The molecule has 4 heteroatoms. The van der Waals surface area contributed by atoms with Crippen molar-refractivity contribution < 1.29 is 4.74 Å². The molecule has 0 saturated carbocycles. The number of aromatic nitrogens is 2. The van der Waals surface area contributed by atoms with Gasteiger partial charge >= 0.3 is 0 Å². The summed E-state index contributed by atoms with van der Waals surface area (Å²) in [5.41, 5.74) is 3.95. The highest BCUT2D eigenvalue weighted by atomic mass is 16.5. The summed E-state index contributed by atoms with van der Waals surface area (Å²) < 4.78 is 7.78. The highest BCUT2D eigenvalue weighted by Crippen LogP contribution is 2.16. The van der Waals surface area contributed by atoms with Crippen LogP contribution in [0.1, 0.15) is 50.6 Å². The fourth-order valence-electron chi connectivity index (χ4n) is 2.33. The van der Waals surface area contributed by atoms with Crippen molar-refractivity contribution in [2.24, 2.45) is 0 Å². The minimum Gasteiger partial charge on any atom is -0.380 e. The third-order valence-corrected chi connectivity index (χ3v) is 3.36. The summed E-state index contributed by atoms with van der Waals surface area (Å²) in [4.78, 5) is 0. The van der Waals surface area contributed by atoms with Crippen molar-refractivity contribution in [1.82, 2.24) is 15.1 Å². The van der Waals surface area contributed by atoms with E-state index in [1.807, 2.05) is 7.05 Å². The molecule has 0 unspecified atom stereocenters. The summed E-state index contributed by atoms with van der Waals surface area (Å²) in [6.07, 6.45) is 4.35. The van der Waals surface area contributed by atoms with Crippen LogP contribution in [0.25, 0.3) is 0 Å². The first-order valence-electron chi connectivity index (χ1n) is 7.58. The third kappa shape index (κ3) is 4.62. The van der Waals surface area contributed by atoms with Gasteiger partial charge in [0.25, 0.3) is 0 Å². The van der Waals surface area contributed by atoms with Crippen LogP contribution in [0.2, 0.25) is 0 Å². The van der Waals surface area contributed by atoms with Crippen LogP contribution in [0.5, 0.6) is 0 Å². The Balaban J connectivity index is 2.65. The van der Waals surface area contributed by atoms with E-state index in [-0.39, 0.29) is 0 Å². The van der Waals surface area contributed by atoms with Crippen LogP contribution in [-0.2, 0) is 30.7 Å². The predicted molar refractivity (Wildman–Crippen MR) is 79.5 cm³/mol. The molecular formula is C15H29N3O. The number of hydrogen-bond acceptors (Lipinski definition) is 3. The van der Waals surface area contributed by atoms with Gasteiger partial charge in [-0.2, -0.15) is 5.10 Å². The monoisotopic (exact) mass is 267 g/mol. The lowest BCUT2D eigenvalue weighted by Crippen LogP contribution is -2.12. The molecule has 0 aliphatic rings. The molecule has 110 valence electrons. The normalized spacial score (nSPS) is 11.2. The number of nitrogens with zero attached hydrogens (tertiary/aromatic N) is 2. The van der Waals surface area contributed by atoms with Crippen molar-refractivity contribution in [2.45, 2.75) is 59.5 Å². The van der Waals surface area contributed by atoms with E-state index in [2.05, 4.69) is 30.8 Å². The average Bonchev–Trinajstić information content (AvgIpc) is 2.76. The van der Waals surface area contributed by atoms with Gasteiger partial charge in [-0.1, -0.05) is 27.2 Å². The Hall–Kier alpha value is -0.870. The van der Waals surface area contributed by atoms with E-state index in [1.165, 1.54) is 23.4 Å². The SMILES string of the molecule is CCCCOCCn1nc(CC)c(CNC)c1CC. The fourth-order valence-corrected chi connectivity index (χ4v) is 2.33. The molecule has 1 rings (SSSR count). The van der Waals surface area contributed by atoms with E-state index in [0.717, 1.165) is 45.6 Å². The van der Waals surface area contributed by atoms with Gasteiger partial charge in [0, 0.05) is 24.4 Å². The maximum Gasteiger partial charge on any atom is 0.0669 e. The Morgan fingerprint density at radius 2 is 1.95 bits per heavy atom. The Morgan fingerprint density at radius 3 is 2.53 bits per heavy atom. The molecule has 4 nitrogen and oxygen atoms in total. The molecule has 0 spiro atoms. The molecular weight excluding hydrogens is 238 g/mol. The summed E-state index contributed by atoms with van der Waals surface area (Å²) in [7, 11) is 1.99. The Kier molecular flexibility index (Phi) is 7.75. The van der Waals surface area contributed by atoms with Crippen molar-refractivity contribution in [3.05, 3.63) is 17.0 Å². The van der Waals surface area contributed by atoms with Gasteiger partial charge in [0.15, 0.2) is 0 Å². The second-order valence-corrected chi connectivity index (χ2v) is 4.80. The number of unbranched alkanes of at least 4 members (excludes halogenated alkanes) is 1. The predicted octanol–water partition coefficient (Wildman–Crippen LogP) is 2.54. The van der Waals surface area contributed by atoms with Crippen LogP contribution < -0.4 is 5.32 Å². The molecule has 0 radical (unpaired) electrons. The van der Waals surface area contributed by atoms with Crippen LogP contribution >= 0.6 is 0 Å². The molecule has 0 bridgehead atoms. The van der Waals surface area contributed by atoms with Gasteiger partial charge in [-0.3, -0.25) is 4.68 Å². The number of nitrogens with one attached hydrogen (secondary N) is 1. The van der Waals surface area contributed by atoms with Gasteiger partial charge in [0.1, 0.15) is 0 Å². The van der Waals surface area contributed by atoms with E-state index in [1.54, 1.807) is 0 Å². The van der Waals surface area contributed by atoms with Gasteiger partial charge in [0.05, 0.1) is 18.8 Å². The standard InChI is InChI=1S/C15H29N3O/c1-5-8-10-19-11-9-18-15(7-3)13(12-16-4)14(6-2)17-18/h16H,5-12H2,1-4H3. The maximum atomic E-state index is 5.64. The lowest BCUT2D eigenvalue weighted by Gasteiger charge is -2.08. The first-order chi connectivity index (χ1) is 9.28. The minimum absolute atomic E-state index is 0.761. The zero-order valence-electron chi connectivity index (χ0n) is 13.0. The number of ether oxygens (including phenoxy) is 1. The van der Waals surface area contributed by atoms with Crippen LogP contribution in [0.3, 0.4) is 0 Å². The highest BCUT2D eigenvalue weighted by Gasteiger charge is 2.14. The number of rotatable bonds is 10. The van der Waals surface area contributed by atoms with Gasteiger partial charge in [-0.25, -0.2) is 0 Å². The van der Waals surface area contributed by atoms with E-state index in [0.29, 0.717) is 0 Å². The fraction of sp³-hybridized carbons (Fsp3) is 0.800. The number of aryl methyl sites for hydroxylation is 1. The van der Waals surface area contributed by atoms with Crippen molar-refractivity contribution in [2.75, 3.05) is 20.3 Å². The van der Waals surface area contributed by atoms with Gasteiger partial charge in [-0.15, -0.1) is 0 Å². The van der Waals surface area contributed by atoms with Crippen LogP contribution in [0.4, 0.5) is 0 Å².